The number of benzene rings is 2. The van der Waals surface area contributed by atoms with Crippen LogP contribution in [0.4, 0.5) is 4.39 Å². The molecular formula is C25H21FN2O4. The van der Waals surface area contributed by atoms with Crippen molar-refractivity contribution < 1.29 is 23.8 Å². The van der Waals surface area contributed by atoms with Gasteiger partial charge in [-0.25, -0.2) is 4.39 Å². The molecule has 1 fully saturated rings. The highest BCUT2D eigenvalue weighted by Crippen LogP contribution is 2.39. The maximum absolute atomic E-state index is 13.3. The van der Waals surface area contributed by atoms with Crippen molar-refractivity contribution in [2.24, 2.45) is 0 Å². The first kappa shape index (κ1) is 21.2. The van der Waals surface area contributed by atoms with Gasteiger partial charge in [-0.05, 0) is 61.0 Å². The van der Waals surface area contributed by atoms with Gasteiger partial charge in [0.05, 0.1) is 17.9 Å². The lowest BCUT2D eigenvalue weighted by atomic mass is 9.98. The first-order valence-corrected chi connectivity index (χ1v) is 10.2. The minimum Gasteiger partial charge on any atom is -0.507 e. The molecule has 0 saturated carbocycles. The molecule has 1 aliphatic heterocycles. The van der Waals surface area contributed by atoms with Crippen LogP contribution in [0.15, 0.2) is 78.5 Å². The molecule has 6 nitrogen and oxygen atoms in total. The van der Waals surface area contributed by atoms with Crippen molar-refractivity contribution in [2.45, 2.75) is 19.5 Å². The van der Waals surface area contributed by atoms with Crippen molar-refractivity contribution in [3.63, 3.8) is 0 Å². The summed E-state index contributed by atoms with van der Waals surface area (Å²) >= 11 is 0. The number of ketones is 1. The van der Waals surface area contributed by atoms with E-state index in [1.165, 1.54) is 17.0 Å². The number of rotatable bonds is 6. The third-order valence-corrected chi connectivity index (χ3v) is 5.21. The number of Topliss-reactive ketones (excluding diaryl/α,β-unsaturated/α-hetero) is 1. The molecule has 0 spiro atoms. The van der Waals surface area contributed by atoms with Crippen molar-refractivity contribution in [3.05, 3.63) is 101 Å². The second-order valence-corrected chi connectivity index (χ2v) is 7.27. The second kappa shape index (κ2) is 9.01. The van der Waals surface area contributed by atoms with Crippen LogP contribution in [0, 0.1) is 5.82 Å². The molecule has 2 heterocycles. The largest absolute Gasteiger partial charge is 0.507 e. The summed E-state index contributed by atoms with van der Waals surface area (Å²) in [7, 11) is 0. The summed E-state index contributed by atoms with van der Waals surface area (Å²) in [6.07, 6.45) is 1.56. The molecule has 4 rings (SSSR count). The number of hydrogen-bond acceptors (Lipinski definition) is 5. The summed E-state index contributed by atoms with van der Waals surface area (Å²) in [5, 5.41) is 11.0. The average molecular weight is 432 g/mol. The van der Waals surface area contributed by atoms with Crippen LogP contribution in [0.1, 0.15) is 29.8 Å². The molecule has 2 aromatic carbocycles. The molecule has 32 heavy (non-hydrogen) atoms. The van der Waals surface area contributed by atoms with Crippen LogP contribution in [0.2, 0.25) is 0 Å². The quantitative estimate of drug-likeness (QED) is 0.358. The molecule has 0 radical (unpaired) electrons. The second-order valence-electron chi connectivity index (χ2n) is 7.27. The van der Waals surface area contributed by atoms with Crippen molar-refractivity contribution in [3.8, 4) is 5.75 Å². The summed E-state index contributed by atoms with van der Waals surface area (Å²) in [5.41, 5.74) is 1.44. The van der Waals surface area contributed by atoms with Gasteiger partial charge in [0.1, 0.15) is 23.4 Å². The minimum atomic E-state index is -0.882. The molecule has 1 saturated heterocycles. The van der Waals surface area contributed by atoms with Gasteiger partial charge in [0, 0.05) is 18.3 Å². The van der Waals surface area contributed by atoms with Gasteiger partial charge in [0.15, 0.2) is 0 Å². The Bertz CT molecular complexity index is 1160. The highest BCUT2D eigenvalue weighted by atomic mass is 19.1. The lowest BCUT2D eigenvalue weighted by molar-refractivity contribution is -0.140. The van der Waals surface area contributed by atoms with Crippen LogP contribution < -0.4 is 4.74 Å². The van der Waals surface area contributed by atoms with Crippen LogP contribution in [0.3, 0.4) is 0 Å². The van der Waals surface area contributed by atoms with E-state index in [-0.39, 0.29) is 17.9 Å². The highest BCUT2D eigenvalue weighted by molar-refractivity contribution is 6.46. The number of aliphatic hydroxyl groups excluding tert-OH is 1. The molecular weight excluding hydrogens is 411 g/mol. The molecule has 0 bridgehead atoms. The van der Waals surface area contributed by atoms with Crippen LogP contribution in [0.5, 0.6) is 5.75 Å². The first-order valence-electron chi connectivity index (χ1n) is 10.2. The fraction of sp³-hybridized carbons (Fsp3) is 0.160. The van der Waals surface area contributed by atoms with Gasteiger partial charge >= 0.3 is 0 Å². The first-order chi connectivity index (χ1) is 15.5. The normalized spacial score (nSPS) is 17.6. The van der Waals surface area contributed by atoms with Crippen LogP contribution in [0.25, 0.3) is 5.76 Å². The molecule has 1 aromatic heterocycles. The Hall–Kier alpha value is -4.00. The fourth-order valence-electron chi connectivity index (χ4n) is 3.71. The zero-order chi connectivity index (χ0) is 22.7. The van der Waals surface area contributed by atoms with Crippen molar-refractivity contribution in [1.82, 2.24) is 9.88 Å². The van der Waals surface area contributed by atoms with E-state index in [0.717, 1.165) is 0 Å². The van der Waals surface area contributed by atoms with Crippen molar-refractivity contribution in [1.29, 1.82) is 0 Å². The standard InChI is InChI=1S/C25H21FN2O4/c1-2-32-19-12-8-17(9-13-19)23(29)21-22(20-5-3-4-14-27-20)28(25(31)24(21)30)15-16-6-10-18(26)11-7-16/h3-14,22,29H,2,15H2,1H3/b23-21-. The smallest absolute Gasteiger partial charge is 0.296 e. The fourth-order valence-corrected chi connectivity index (χ4v) is 3.71. The Morgan fingerprint density at radius 1 is 1.06 bits per heavy atom. The number of ether oxygens (including phenoxy) is 1. The molecule has 1 unspecified atom stereocenters. The predicted molar refractivity (Wildman–Crippen MR) is 116 cm³/mol. The number of likely N-dealkylation sites (tertiary alicyclic amines) is 1. The maximum Gasteiger partial charge on any atom is 0.296 e. The van der Waals surface area contributed by atoms with Crippen molar-refractivity contribution >= 4 is 17.4 Å². The Balaban J connectivity index is 1.79. The third kappa shape index (κ3) is 4.09. The number of aromatic nitrogens is 1. The third-order valence-electron chi connectivity index (χ3n) is 5.21. The van der Waals surface area contributed by atoms with E-state index >= 15 is 0 Å². The predicted octanol–water partition coefficient (Wildman–Crippen LogP) is 4.24. The minimum absolute atomic E-state index is 0.0417. The Morgan fingerprint density at radius 2 is 1.78 bits per heavy atom. The Kier molecular flexibility index (Phi) is 5.98. The Morgan fingerprint density at radius 3 is 2.41 bits per heavy atom. The highest BCUT2D eigenvalue weighted by Gasteiger charge is 2.46. The zero-order valence-corrected chi connectivity index (χ0v) is 17.4. The van der Waals surface area contributed by atoms with E-state index in [1.54, 1.807) is 60.8 Å². The van der Waals surface area contributed by atoms with Crippen LogP contribution in [-0.2, 0) is 16.1 Å². The summed E-state index contributed by atoms with van der Waals surface area (Å²) in [5.74, 6) is -1.61. The van der Waals surface area contributed by atoms with Gasteiger partial charge in [-0.15, -0.1) is 0 Å². The number of aliphatic hydroxyl groups is 1. The van der Waals surface area contributed by atoms with E-state index < -0.39 is 23.5 Å². The number of carbonyl (C=O) groups excluding carboxylic acids is 2. The number of halogens is 1. The van der Waals surface area contributed by atoms with E-state index in [0.29, 0.717) is 29.2 Å². The molecule has 7 heteroatoms. The zero-order valence-electron chi connectivity index (χ0n) is 17.4. The summed E-state index contributed by atoms with van der Waals surface area (Å²) in [4.78, 5) is 31.6. The van der Waals surface area contributed by atoms with Gasteiger partial charge in [-0.1, -0.05) is 18.2 Å². The number of hydrogen-bond donors (Lipinski definition) is 1. The summed E-state index contributed by atoms with van der Waals surface area (Å²) in [6.45, 7) is 2.43. The molecule has 0 aliphatic carbocycles. The Labute approximate surface area is 184 Å². The molecule has 1 amide bonds. The molecule has 162 valence electrons. The average Bonchev–Trinajstić information content (AvgIpc) is 3.06. The molecule has 3 aromatic rings. The molecule has 1 atom stereocenters. The number of amides is 1. The molecule has 1 aliphatic rings. The summed E-state index contributed by atoms with van der Waals surface area (Å²) < 4.78 is 18.7. The number of nitrogens with zero attached hydrogens (tertiary/aromatic N) is 2. The van der Waals surface area contributed by atoms with Crippen LogP contribution >= 0.6 is 0 Å². The van der Waals surface area contributed by atoms with Crippen molar-refractivity contribution in [2.75, 3.05) is 6.61 Å². The van der Waals surface area contributed by atoms with Gasteiger partial charge in [0.2, 0.25) is 0 Å². The maximum atomic E-state index is 13.3. The van der Waals surface area contributed by atoms with E-state index in [2.05, 4.69) is 4.98 Å². The lowest BCUT2D eigenvalue weighted by Crippen LogP contribution is -2.29. The molecule has 1 N–H and O–H groups in total. The SMILES string of the molecule is CCOc1ccc(/C(O)=C2/C(=O)C(=O)N(Cc3ccc(F)cc3)C2c2ccccn2)cc1. The monoisotopic (exact) mass is 432 g/mol. The van der Waals surface area contributed by atoms with E-state index in [1.807, 2.05) is 6.92 Å². The summed E-state index contributed by atoms with van der Waals surface area (Å²) in [6, 6.07) is 16.6. The van der Waals surface area contributed by atoms with Gasteiger partial charge < -0.3 is 14.7 Å². The van der Waals surface area contributed by atoms with Gasteiger partial charge in [0.25, 0.3) is 11.7 Å². The van der Waals surface area contributed by atoms with E-state index in [4.69, 9.17) is 4.74 Å². The number of pyridine rings is 1. The van der Waals surface area contributed by atoms with E-state index in [9.17, 15) is 19.1 Å². The lowest BCUT2D eigenvalue weighted by Gasteiger charge is -2.24. The number of carbonyl (C=O) groups is 2. The van der Waals surface area contributed by atoms with Gasteiger partial charge in [-0.2, -0.15) is 0 Å². The van der Waals surface area contributed by atoms with Gasteiger partial charge in [-0.3, -0.25) is 14.6 Å². The van der Waals surface area contributed by atoms with Crippen LogP contribution in [-0.4, -0.2) is 33.3 Å². The topological polar surface area (TPSA) is 79.7 Å².